The molecule has 0 radical (unpaired) electrons. The molecule has 0 aliphatic heterocycles. The highest BCUT2D eigenvalue weighted by Crippen LogP contribution is 2.22. The maximum Gasteiger partial charge on any atom is 0.340 e. The number of methoxy groups -OCH3 is 1. The van der Waals surface area contributed by atoms with Crippen LogP contribution in [0.3, 0.4) is 0 Å². The Kier molecular flexibility index (Phi) is 5.48. The van der Waals surface area contributed by atoms with Crippen molar-refractivity contribution in [1.29, 1.82) is 0 Å². The van der Waals surface area contributed by atoms with Gasteiger partial charge in [0.15, 0.2) is 6.61 Å². The van der Waals surface area contributed by atoms with Crippen LogP contribution in [0.25, 0.3) is 22.3 Å². The van der Waals surface area contributed by atoms with Crippen molar-refractivity contribution in [2.45, 2.75) is 20.1 Å². The number of hydrogen-bond donors (Lipinski definition) is 0. The topological polar surface area (TPSA) is 96.5 Å². The summed E-state index contributed by atoms with van der Waals surface area (Å²) < 4.78 is 30.4. The van der Waals surface area contributed by atoms with Crippen LogP contribution in [-0.2, 0) is 27.4 Å². The average molecular weight is 423 g/mol. The van der Waals surface area contributed by atoms with E-state index in [0.29, 0.717) is 27.6 Å². The van der Waals surface area contributed by atoms with Crippen LogP contribution in [0, 0.1) is 12.7 Å². The van der Waals surface area contributed by atoms with Crippen LogP contribution in [0.1, 0.15) is 21.8 Å². The van der Waals surface area contributed by atoms with Gasteiger partial charge in [-0.3, -0.25) is 4.79 Å². The van der Waals surface area contributed by atoms with E-state index in [1.807, 2.05) is 0 Å². The predicted octanol–water partition coefficient (Wildman–Crippen LogP) is 3.67. The highest BCUT2D eigenvalue weighted by molar-refractivity contribution is 6.04. The molecule has 0 saturated carbocycles. The lowest BCUT2D eigenvalue weighted by Gasteiger charge is -2.05. The third-order valence-electron chi connectivity index (χ3n) is 4.75. The Hall–Kier alpha value is -4.01. The molecule has 4 aromatic rings. The summed E-state index contributed by atoms with van der Waals surface area (Å²) in [5.41, 5.74) is 2.02. The zero-order valence-electron chi connectivity index (χ0n) is 16.8. The summed E-state index contributed by atoms with van der Waals surface area (Å²) in [4.78, 5) is 28.5. The van der Waals surface area contributed by atoms with E-state index in [9.17, 15) is 14.0 Å². The van der Waals surface area contributed by atoms with Crippen LogP contribution in [0.2, 0.25) is 0 Å². The molecule has 158 valence electrons. The SMILES string of the molecule is COC(=O)c1cn(CC(=O)OCc2nc(-c3ccc(C)c(F)c3)no2)c2ccccc12. The van der Waals surface area contributed by atoms with Crippen LogP contribution >= 0.6 is 0 Å². The number of benzene rings is 2. The van der Waals surface area contributed by atoms with Crippen molar-refractivity contribution in [2.75, 3.05) is 7.11 Å². The van der Waals surface area contributed by atoms with Gasteiger partial charge in [0.05, 0.1) is 12.7 Å². The second kappa shape index (κ2) is 8.39. The van der Waals surface area contributed by atoms with E-state index in [4.69, 9.17) is 14.0 Å². The molecular weight excluding hydrogens is 405 g/mol. The number of para-hydroxylation sites is 1. The molecule has 2 aromatic heterocycles. The molecule has 0 bridgehead atoms. The van der Waals surface area contributed by atoms with Gasteiger partial charge in [-0.05, 0) is 24.6 Å². The number of carbonyl (C=O) groups is 2. The lowest BCUT2D eigenvalue weighted by atomic mass is 10.1. The molecule has 0 unspecified atom stereocenters. The summed E-state index contributed by atoms with van der Waals surface area (Å²) in [6, 6.07) is 11.8. The van der Waals surface area contributed by atoms with Crippen molar-refractivity contribution in [2.24, 2.45) is 0 Å². The van der Waals surface area contributed by atoms with Gasteiger partial charge in [0.1, 0.15) is 12.4 Å². The molecule has 0 atom stereocenters. The molecule has 2 aromatic carbocycles. The van der Waals surface area contributed by atoms with Crippen molar-refractivity contribution in [3.05, 3.63) is 71.5 Å². The third kappa shape index (κ3) is 4.16. The third-order valence-corrected chi connectivity index (χ3v) is 4.75. The molecule has 2 heterocycles. The van der Waals surface area contributed by atoms with Gasteiger partial charge >= 0.3 is 11.9 Å². The second-order valence-corrected chi connectivity index (χ2v) is 6.82. The number of aryl methyl sites for hydroxylation is 1. The fraction of sp³-hybridized carbons (Fsp3) is 0.182. The summed E-state index contributed by atoms with van der Waals surface area (Å²) in [6.45, 7) is 1.30. The lowest BCUT2D eigenvalue weighted by molar-refractivity contribution is -0.146. The van der Waals surface area contributed by atoms with Gasteiger partial charge in [-0.15, -0.1) is 0 Å². The maximum atomic E-state index is 13.7. The smallest absolute Gasteiger partial charge is 0.340 e. The lowest BCUT2D eigenvalue weighted by Crippen LogP contribution is -2.13. The van der Waals surface area contributed by atoms with Gasteiger partial charge in [0.2, 0.25) is 5.82 Å². The Labute approximate surface area is 176 Å². The fourth-order valence-corrected chi connectivity index (χ4v) is 3.14. The quantitative estimate of drug-likeness (QED) is 0.437. The Bertz CT molecular complexity index is 1280. The predicted molar refractivity (Wildman–Crippen MR) is 108 cm³/mol. The summed E-state index contributed by atoms with van der Waals surface area (Å²) in [5.74, 6) is -1.14. The van der Waals surface area contributed by atoms with Crippen LogP contribution in [0.15, 0.2) is 53.2 Å². The molecule has 4 rings (SSSR count). The van der Waals surface area contributed by atoms with Crippen molar-refractivity contribution in [3.63, 3.8) is 0 Å². The van der Waals surface area contributed by atoms with E-state index in [1.54, 1.807) is 54.1 Å². The zero-order chi connectivity index (χ0) is 22.0. The minimum absolute atomic E-state index is 0.0805. The summed E-state index contributed by atoms with van der Waals surface area (Å²) >= 11 is 0. The van der Waals surface area contributed by atoms with Gasteiger partial charge in [-0.1, -0.05) is 35.5 Å². The normalized spacial score (nSPS) is 10.9. The molecule has 0 aliphatic carbocycles. The fourth-order valence-electron chi connectivity index (χ4n) is 3.14. The summed E-state index contributed by atoms with van der Waals surface area (Å²) in [6.07, 6.45) is 1.55. The molecular formula is C22H18FN3O5. The first-order valence-electron chi connectivity index (χ1n) is 9.37. The monoisotopic (exact) mass is 423 g/mol. The number of fused-ring (bicyclic) bond motifs is 1. The Morgan fingerprint density at radius 3 is 2.77 bits per heavy atom. The first-order valence-corrected chi connectivity index (χ1v) is 9.37. The number of hydrogen-bond acceptors (Lipinski definition) is 7. The first-order chi connectivity index (χ1) is 15.0. The maximum absolute atomic E-state index is 13.7. The van der Waals surface area contributed by atoms with Gasteiger partial charge in [0.25, 0.3) is 5.89 Å². The second-order valence-electron chi connectivity index (χ2n) is 6.82. The highest BCUT2D eigenvalue weighted by Gasteiger charge is 2.18. The minimum atomic E-state index is -0.557. The van der Waals surface area contributed by atoms with Crippen molar-refractivity contribution < 1.29 is 28.0 Å². The van der Waals surface area contributed by atoms with Crippen LogP contribution in [-0.4, -0.2) is 33.8 Å². The van der Waals surface area contributed by atoms with Crippen LogP contribution in [0.4, 0.5) is 4.39 Å². The van der Waals surface area contributed by atoms with Crippen molar-refractivity contribution >= 4 is 22.8 Å². The molecule has 0 fully saturated rings. The van der Waals surface area contributed by atoms with Gasteiger partial charge < -0.3 is 18.6 Å². The van der Waals surface area contributed by atoms with Crippen LogP contribution < -0.4 is 0 Å². The van der Waals surface area contributed by atoms with Gasteiger partial charge in [-0.2, -0.15) is 4.98 Å². The van der Waals surface area contributed by atoms with Gasteiger partial charge in [0, 0.05) is 22.7 Å². The number of carbonyl (C=O) groups excluding carboxylic acids is 2. The Morgan fingerprint density at radius 2 is 2.00 bits per heavy atom. The van der Waals surface area contributed by atoms with E-state index >= 15 is 0 Å². The van der Waals surface area contributed by atoms with Crippen LogP contribution in [0.5, 0.6) is 0 Å². The molecule has 0 saturated heterocycles. The van der Waals surface area contributed by atoms with Gasteiger partial charge in [-0.25, -0.2) is 9.18 Å². The Balaban J connectivity index is 1.44. The summed E-state index contributed by atoms with van der Waals surface area (Å²) in [5, 5.41) is 4.47. The summed E-state index contributed by atoms with van der Waals surface area (Å²) in [7, 11) is 1.30. The number of ether oxygens (including phenoxy) is 2. The molecule has 0 spiro atoms. The molecule has 31 heavy (non-hydrogen) atoms. The zero-order valence-corrected chi connectivity index (χ0v) is 16.8. The average Bonchev–Trinajstić information content (AvgIpc) is 3.39. The number of rotatable bonds is 6. The van der Waals surface area contributed by atoms with E-state index in [1.165, 1.54) is 13.2 Å². The number of halogens is 1. The van der Waals surface area contributed by atoms with E-state index in [2.05, 4.69) is 10.1 Å². The standard InChI is InChI=1S/C22H18FN3O5/c1-13-7-8-14(9-17(13)23)21-24-19(31-25-21)12-30-20(27)11-26-10-16(22(28)29-2)15-5-3-4-6-18(15)26/h3-10H,11-12H2,1-2H3. The van der Waals surface area contributed by atoms with Crippen molar-refractivity contribution in [1.82, 2.24) is 14.7 Å². The number of aromatic nitrogens is 3. The molecule has 0 N–H and O–H groups in total. The minimum Gasteiger partial charge on any atom is -0.465 e. The highest BCUT2D eigenvalue weighted by atomic mass is 19.1. The molecule has 9 heteroatoms. The van der Waals surface area contributed by atoms with E-state index in [0.717, 1.165) is 0 Å². The molecule has 0 amide bonds. The van der Waals surface area contributed by atoms with Crippen molar-refractivity contribution in [3.8, 4) is 11.4 Å². The van der Waals surface area contributed by atoms with E-state index in [-0.39, 0.29) is 30.7 Å². The Morgan fingerprint density at radius 1 is 1.19 bits per heavy atom. The first kappa shape index (κ1) is 20.3. The van der Waals surface area contributed by atoms with E-state index < -0.39 is 11.9 Å². The molecule has 0 aliphatic rings. The number of esters is 2. The number of nitrogens with zero attached hydrogens (tertiary/aromatic N) is 3. The largest absolute Gasteiger partial charge is 0.465 e. The molecule has 8 nitrogen and oxygen atoms in total.